The van der Waals surface area contributed by atoms with Crippen LogP contribution in [0, 0.1) is 0 Å². The maximum Gasteiger partial charge on any atom is 0.306 e. The molecule has 42 heavy (non-hydrogen) atoms. The van der Waals surface area contributed by atoms with E-state index in [-0.39, 0.29) is 12.1 Å². The largest absolute Gasteiger partial charge is 0.481 e. The van der Waals surface area contributed by atoms with Crippen LogP contribution in [0.25, 0.3) is 0 Å². The summed E-state index contributed by atoms with van der Waals surface area (Å²) in [5.41, 5.74) is 0. The lowest BCUT2D eigenvalue weighted by atomic mass is 10.0. The molecule has 0 rings (SSSR count). The molecule has 0 aromatic heterocycles. The first-order valence-corrected chi connectivity index (χ1v) is 18.0. The van der Waals surface area contributed by atoms with Crippen molar-refractivity contribution in [3.05, 3.63) is 36.5 Å². The molecule has 0 radical (unpaired) electrons. The Morgan fingerprint density at radius 3 is 1.55 bits per heavy atom. The lowest BCUT2D eigenvalue weighted by molar-refractivity contribution is -0.150. The van der Waals surface area contributed by atoms with E-state index in [0.717, 1.165) is 83.5 Å². The molecule has 1 atom stereocenters. The minimum Gasteiger partial charge on any atom is -0.481 e. The molecule has 244 valence electrons. The number of esters is 1. The van der Waals surface area contributed by atoms with E-state index in [4.69, 9.17) is 9.84 Å². The van der Waals surface area contributed by atoms with Crippen molar-refractivity contribution >= 4 is 11.9 Å². The van der Waals surface area contributed by atoms with E-state index >= 15 is 0 Å². The van der Waals surface area contributed by atoms with Gasteiger partial charge in [-0.05, 0) is 70.6 Å². The standard InChI is InChI=1S/C38H68O4/c1-3-5-7-9-11-12-13-14-15-16-17-18-23-27-31-35-38(41)42-36(32-28-24-20-10-8-6-4-2)33-29-25-21-19-22-26-30-34-37(39)40/h5,7,11-12,14-15,36H,3-4,6,8-10,13,16-35H2,1-2H3,(H,39,40)/b7-5-,12-11-,15-14-. The monoisotopic (exact) mass is 589 g/mol. The highest BCUT2D eigenvalue weighted by Crippen LogP contribution is 2.19. The fourth-order valence-corrected chi connectivity index (χ4v) is 5.26. The number of aliphatic carboxylic acids is 1. The molecule has 0 bridgehead atoms. The Hall–Kier alpha value is -1.84. The van der Waals surface area contributed by atoms with Gasteiger partial charge in [-0.1, -0.05) is 140 Å². The summed E-state index contributed by atoms with van der Waals surface area (Å²) in [5.74, 6) is -0.687. The minimum atomic E-state index is -0.689. The number of carbonyl (C=O) groups excluding carboxylic acids is 1. The number of carboxylic acid groups (broad SMARTS) is 1. The number of allylic oxidation sites excluding steroid dienone is 6. The molecule has 0 aromatic rings. The van der Waals surface area contributed by atoms with E-state index in [0.29, 0.717) is 12.8 Å². The average molecular weight is 589 g/mol. The Balaban J connectivity index is 4.03. The Morgan fingerprint density at radius 2 is 1.00 bits per heavy atom. The maximum atomic E-state index is 12.6. The lowest BCUT2D eigenvalue weighted by Gasteiger charge is -2.18. The second kappa shape index (κ2) is 33.7. The third-order valence-corrected chi connectivity index (χ3v) is 7.88. The molecule has 4 heteroatoms. The number of hydrogen-bond donors (Lipinski definition) is 1. The van der Waals surface area contributed by atoms with Crippen LogP contribution in [0.3, 0.4) is 0 Å². The molecular formula is C38H68O4. The molecule has 0 saturated heterocycles. The zero-order valence-electron chi connectivity index (χ0n) is 27.8. The summed E-state index contributed by atoms with van der Waals surface area (Å²) >= 11 is 0. The fraction of sp³-hybridized carbons (Fsp3) is 0.789. The van der Waals surface area contributed by atoms with Gasteiger partial charge in [-0.25, -0.2) is 0 Å². The number of unbranched alkanes of at least 4 members (excludes halogenated alkanes) is 17. The SMILES string of the molecule is CC/C=C\C/C=C\C/C=C\CCCCCCCC(=O)OC(CCCCCCCCC)CCCCCCCCCC(=O)O. The van der Waals surface area contributed by atoms with Gasteiger partial charge >= 0.3 is 11.9 Å². The molecule has 0 fully saturated rings. The molecule has 0 saturated carbocycles. The van der Waals surface area contributed by atoms with Gasteiger partial charge in [0.1, 0.15) is 6.10 Å². The average Bonchev–Trinajstić information content (AvgIpc) is 2.97. The van der Waals surface area contributed by atoms with Gasteiger partial charge < -0.3 is 9.84 Å². The molecule has 0 aromatic carbocycles. The number of carboxylic acids is 1. The van der Waals surface area contributed by atoms with Crippen molar-refractivity contribution in [2.75, 3.05) is 0 Å². The summed E-state index contributed by atoms with van der Waals surface area (Å²) in [6.45, 7) is 4.42. The second-order valence-electron chi connectivity index (χ2n) is 12.0. The quantitative estimate of drug-likeness (QED) is 0.0482. The van der Waals surface area contributed by atoms with Gasteiger partial charge in [-0.15, -0.1) is 0 Å². The van der Waals surface area contributed by atoms with E-state index in [1.807, 2.05) is 0 Å². The summed E-state index contributed by atoms with van der Waals surface area (Å²) in [4.78, 5) is 23.2. The normalized spacial score (nSPS) is 12.6. The van der Waals surface area contributed by atoms with Gasteiger partial charge in [0.15, 0.2) is 0 Å². The van der Waals surface area contributed by atoms with Crippen LogP contribution >= 0.6 is 0 Å². The highest BCUT2D eigenvalue weighted by molar-refractivity contribution is 5.69. The molecule has 0 aliphatic rings. The van der Waals surface area contributed by atoms with Crippen LogP contribution in [0.2, 0.25) is 0 Å². The summed E-state index contributed by atoms with van der Waals surface area (Å²) < 4.78 is 5.98. The van der Waals surface area contributed by atoms with Crippen molar-refractivity contribution in [1.82, 2.24) is 0 Å². The summed E-state index contributed by atoms with van der Waals surface area (Å²) in [6.07, 6.45) is 43.0. The summed E-state index contributed by atoms with van der Waals surface area (Å²) in [6, 6.07) is 0. The van der Waals surface area contributed by atoms with Gasteiger partial charge in [-0.3, -0.25) is 9.59 Å². The molecule has 0 aliphatic heterocycles. The van der Waals surface area contributed by atoms with Crippen LogP contribution in [0.1, 0.15) is 187 Å². The van der Waals surface area contributed by atoms with E-state index in [1.165, 1.54) is 77.0 Å². The first-order valence-electron chi connectivity index (χ1n) is 18.0. The second-order valence-corrected chi connectivity index (χ2v) is 12.0. The molecular weight excluding hydrogens is 520 g/mol. The van der Waals surface area contributed by atoms with Crippen LogP contribution in [-0.4, -0.2) is 23.1 Å². The van der Waals surface area contributed by atoms with Gasteiger partial charge in [0, 0.05) is 12.8 Å². The van der Waals surface area contributed by atoms with Crippen LogP contribution in [-0.2, 0) is 14.3 Å². The van der Waals surface area contributed by atoms with Crippen LogP contribution < -0.4 is 0 Å². The highest BCUT2D eigenvalue weighted by Gasteiger charge is 2.14. The topological polar surface area (TPSA) is 63.6 Å². The number of rotatable bonds is 32. The number of ether oxygens (including phenoxy) is 1. The fourth-order valence-electron chi connectivity index (χ4n) is 5.26. The first-order chi connectivity index (χ1) is 20.6. The third kappa shape index (κ3) is 32.7. The Bertz CT molecular complexity index is 679. The molecule has 4 nitrogen and oxygen atoms in total. The molecule has 0 spiro atoms. The molecule has 0 heterocycles. The molecule has 1 unspecified atom stereocenters. The van der Waals surface area contributed by atoms with Crippen molar-refractivity contribution in [3.8, 4) is 0 Å². The zero-order valence-corrected chi connectivity index (χ0v) is 27.8. The lowest BCUT2D eigenvalue weighted by Crippen LogP contribution is -2.18. The van der Waals surface area contributed by atoms with Crippen molar-refractivity contribution in [2.24, 2.45) is 0 Å². The number of carbonyl (C=O) groups is 2. The van der Waals surface area contributed by atoms with Crippen molar-refractivity contribution < 1.29 is 19.4 Å². The van der Waals surface area contributed by atoms with E-state index in [2.05, 4.69) is 50.3 Å². The molecule has 1 N–H and O–H groups in total. The predicted octanol–water partition coefficient (Wildman–Crippen LogP) is 12.2. The van der Waals surface area contributed by atoms with Gasteiger partial charge in [-0.2, -0.15) is 0 Å². The summed E-state index contributed by atoms with van der Waals surface area (Å²) in [7, 11) is 0. The Morgan fingerprint density at radius 1 is 0.548 bits per heavy atom. The van der Waals surface area contributed by atoms with Crippen LogP contribution in [0.15, 0.2) is 36.5 Å². The first kappa shape index (κ1) is 40.2. The summed E-state index contributed by atoms with van der Waals surface area (Å²) in [5, 5.41) is 8.73. The van der Waals surface area contributed by atoms with E-state index < -0.39 is 5.97 Å². The Kier molecular flexibility index (Phi) is 32.2. The van der Waals surface area contributed by atoms with Crippen LogP contribution in [0.4, 0.5) is 0 Å². The van der Waals surface area contributed by atoms with E-state index in [1.54, 1.807) is 0 Å². The van der Waals surface area contributed by atoms with Crippen molar-refractivity contribution in [2.45, 2.75) is 193 Å². The zero-order chi connectivity index (χ0) is 30.8. The van der Waals surface area contributed by atoms with Gasteiger partial charge in [0.05, 0.1) is 0 Å². The predicted molar refractivity (Wildman–Crippen MR) is 181 cm³/mol. The highest BCUT2D eigenvalue weighted by atomic mass is 16.5. The smallest absolute Gasteiger partial charge is 0.306 e. The van der Waals surface area contributed by atoms with E-state index in [9.17, 15) is 9.59 Å². The van der Waals surface area contributed by atoms with Crippen molar-refractivity contribution in [3.63, 3.8) is 0 Å². The molecule has 0 aliphatic carbocycles. The van der Waals surface area contributed by atoms with Crippen molar-refractivity contribution in [1.29, 1.82) is 0 Å². The van der Waals surface area contributed by atoms with Gasteiger partial charge in [0.2, 0.25) is 0 Å². The Labute approximate surface area is 260 Å². The van der Waals surface area contributed by atoms with Gasteiger partial charge in [0.25, 0.3) is 0 Å². The molecule has 0 amide bonds. The maximum absolute atomic E-state index is 12.6. The third-order valence-electron chi connectivity index (χ3n) is 7.88. The minimum absolute atomic E-state index is 0.00236. The van der Waals surface area contributed by atoms with Crippen LogP contribution in [0.5, 0.6) is 0 Å². The number of hydrogen-bond acceptors (Lipinski definition) is 3.